The molecule has 23 heavy (non-hydrogen) atoms. The Kier molecular flexibility index (Phi) is 5.27. The van der Waals surface area contributed by atoms with Crippen LogP contribution in [0.4, 0.5) is 13.2 Å². The molecular weight excluding hydrogens is 315 g/mol. The first-order valence-corrected chi connectivity index (χ1v) is 7.32. The van der Waals surface area contributed by atoms with E-state index in [2.05, 4.69) is 16.6 Å². The van der Waals surface area contributed by atoms with Gasteiger partial charge < -0.3 is 14.2 Å². The van der Waals surface area contributed by atoms with Crippen molar-refractivity contribution in [2.75, 3.05) is 6.54 Å². The summed E-state index contributed by atoms with van der Waals surface area (Å²) in [6.45, 7) is 2.47. The lowest BCUT2D eigenvalue weighted by atomic mass is 10.0. The summed E-state index contributed by atoms with van der Waals surface area (Å²) in [4.78, 5) is 28.1. The summed E-state index contributed by atoms with van der Waals surface area (Å²) in [5.74, 6) is -1.84. The van der Waals surface area contributed by atoms with Gasteiger partial charge in [0.05, 0.1) is 18.7 Å². The van der Waals surface area contributed by atoms with Crippen LogP contribution in [0.3, 0.4) is 0 Å². The van der Waals surface area contributed by atoms with E-state index >= 15 is 0 Å². The molecule has 0 bridgehead atoms. The molecule has 0 N–H and O–H groups in total. The van der Waals surface area contributed by atoms with Crippen molar-refractivity contribution in [3.05, 3.63) is 18.2 Å². The highest BCUT2D eigenvalue weighted by molar-refractivity contribution is 5.78. The molecule has 2 heterocycles. The number of imidazole rings is 1. The minimum absolute atomic E-state index is 0.0576. The Hall–Kier alpha value is -2.06. The maximum absolute atomic E-state index is 12.0. The zero-order chi connectivity index (χ0) is 17.0. The molecule has 1 fully saturated rings. The lowest BCUT2D eigenvalue weighted by Crippen LogP contribution is -2.27. The molecule has 0 aliphatic carbocycles. The number of likely N-dealkylation sites (tertiary alicyclic amines) is 1. The van der Waals surface area contributed by atoms with Crippen LogP contribution >= 0.6 is 0 Å². The fourth-order valence-corrected chi connectivity index (χ4v) is 2.57. The first-order valence-electron chi connectivity index (χ1n) is 7.32. The van der Waals surface area contributed by atoms with Gasteiger partial charge in [0.1, 0.15) is 6.61 Å². The lowest BCUT2D eigenvalue weighted by Gasteiger charge is -2.16. The largest absolute Gasteiger partial charge is 0.490 e. The van der Waals surface area contributed by atoms with Crippen LogP contribution in [-0.2, 0) is 27.6 Å². The summed E-state index contributed by atoms with van der Waals surface area (Å²) in [5, 5.41) is 0. The number of alkyl halides is 3. The molecule has 1 aliphatic heterocycles. The van der Waals surface area contributed by atoms with Crippen molar-refractivity contribution in [1.29, 1.82) is 0 Å². The average molecular weight is 333 g/mol. The minimum atomic E-state index is -5.02. The molecule has 2 rings (SSSR count). The van der Waals surface area contributed by atoms with Gasteiger partial charge in [0.15, 0.2) is 0 Å². The highest BCUT2D eigenvalue weighted by atomic mass is 19.4. The molecule has 9 heteroatoms. The van der Waals surface area contributed by atoms with E-state index in [0.717, 1.165) is 12.8 Å². The first-order chi connectivity index (χ1) is 10.8. The third-order valence-electron chi connectivity index (χ3n) is 3.59. The van der Waals surface area contributed by atoms with Crippen molar-refractivity contribution in [2.24, 2.45) is 5.92 Å². The Balaban J connectivity index is 1.85. The number of aromatic nitrogens is 2. The summed E-state index contributed by atoms with van der Waals surface area (Å²) in [5.41, 5.74) is 0.194. The fourth-order valence-electron chi connectivity index (χ4n) is 2.57. The number of ether oxygens (including phenoxy) is 1. The second-order valence-electron chi connectivity index (χ2n) is 5.57. The van der Waals surface area contributed by atoms with E-state index in [0.29, 0.717) is 25.6 Å². The topological polar surface area (TPSA) is 64.4 Å². The Morgan fingerprint density at radius 2 is 2.22 bits per heavy atom. The van der Waals surface area contributed by atoms with Gasteiger partial charge in [0, 0.05) is 19.2 Å². The van der Waals surface area contributed by atoms with Crippen LogP contribution in [0.5, 0.6) is 0 Å². The van der Waals surface area contributed by atoms with E-state index in [1.54, 1.807) is 9.47 Å². The summed E-state index contributed by atoms with van der Waals surface area (Å²) in [6, 6.07) is 0. The number of halogens is 3. The van der Waals surface area contributed by atoms with Crippen LogP contribution < -0.4 is 0 Å². The van der Waals surface area contributed by atoms with Gasteiger partial charge in [0.25, 0.3) is 0 Å². The number of hydrogen-bond acceptors (Lipinski definition) is 4. The van der Waals surface area contributed by atoms with Gasteiger partial charge in [-0.25, -0.2) is 9.78 Å². The predicted molar refractivity (Wildman–Crippen MR) is 72.8 cm³/mol. The zero-order valence-corrected chi connectivity index (χ0v) is 12.7. The van der Waals surface area contributed by atoms with Crippen molar-refractivity contribution in [3.8, 4) is 0 Å². The van der Waals surface area contributed by atoms with Crippen molar-refractivity contribution >= 4 is 11.9 Å². The second kappa shape index (κ2) is 7.01. The summed E-state index contributed by atoms with van der Waals surface area (Å²) in [6.07, 6.45) is 0.384. The van der Waals surface area contributed by atoms with Crippen LogP contribution in [0, 0.1) is 5.92 Å². The minimum Gasteiger partial charge on any atom is -0.452 e. The first kappa shape index (κ1) is 17.3. The highest BCUT2D eigenvalue weighted by Crippen LogP contribution is 2.22. The summed E-state index contributed by atoms with van der Waals surface area (Å²) in [7, 11) is 0. The smallest absolute Gasteiger partial charge is 0.452 e. The average Bonchev–Trinajstić information content (AvgIpc) is 3.03. The molecule has 1 aromatic rings. The van der Waals surface area contributed by atoms with Crippen LogP contribution in [0.15, 0.2) is 12.5 Å². The summed E-state index contributed by atoms with van der Waals surface area (Å²) < 4.78 is 41.8. The maximum atomic E-state index is 12.0. The quantitative estimate of drug-likeness (QED) is 0.748. The number of amides is 1. The van der Waals surface area contributed by atoms with Gasteiger partial charge >= 0.3 is 12.1 Å². The second-order valence-corrected chi connectivity index (χ2v) is 5.57. The van der Waals surface area contributed by atoms with Crippen molar-refractivity contribution < 1.29 is 27.5 Å². The standard InChI is InChI=1S/C14H18F3N3O3/c1-2-3-10-4-12(21)20(5-10)9-19-6-11(18-8-19)7-23-13(22)14(15,16)17/h6,8,10H,2-5,7,9H2,1H3. The third kappa shape index (κ3) is 4.70. The number of carbonyl (C=O) groups excluding carboxylic acids is 2. The Morgan fingerprint density at radius 3 is 2.87 bits per heavy atom. The normalized spacial score (nSPS) is 18.5. The Bertz CT molecular complexity index is 571. The lowest BCUT2D eigenvalue weighted by molar-refractivity contribution is -0.201. The Labute approximate surface area is 131 Å². The van der Waals surface area contributed by atoms with Gasteiger partial charge in [-0.2, -0.15) is 13.2 Å². The van der Waals surface area contributed by atoms with Gasteiger partial charge in [0.2, 0.25) is 5.91 Å². The van der Waals surface area contributed by atoms with E-state index in [4.69, 9.17) is 0 Å². The molecule has 0 saturated carbocycles. The fraction of sp³-hybridized carbons (Fsp3) is 0.643. The highest BCUT2D eigenvalue weighted by Gasteiger charge is 2.41. The molecule has 0 spiro atoms. The molecule has 1 atom stereocenters. The SMILES string of the molecule is CCCC1CC(=O)N(Cn2cnc(COC(=O)C(F)(F)F)c2)C1. The third-order valence-corrected chi connectivity index (χ3v) is 3.59. The molecule has 0 aromatic carbocycles. The molecule has 6 nitrogen and oxygen atoms in total. The van der Waals surface area contributed by atoms with Crippen molar-refractivity contribution in [2.45, 2.75) is 45.6 Å². The van der Waals surface area contributed by atoms with Crippen LogP contribution in [0.1, 0.15) is 31.9 Å². The van der Waals surface area contributed by atoms with Crippen molar-refractivity contribution in [1.82, 2.24) is 14.5 Å². The summed E-state index contributed by atoms with van der Waals surface area (Å²) >= 11 is 0. The van der Waals surface area contributed by atoms with Crippen LogP contribution in [0.2, 0.25) is 0 Å². The number of carbonyl (C=O) groups is 2. The molecule has 1 aliphatic rings. The van der Waals surface area contributed by atoms with Gasteiger partial charge in [-0.15, -0.1) is 0 Å². The number of esters is 1. The van der Waals surface area contributed by atoms with E-state index < -0.39 is 18.8 Å². The molecule has 1 aromatic heterocycles. The zero-order valence-electron chi connectivity index (χ0n) is 12.7. The number of rotatable bonds is 6. The Morgan fingerprint density at radius 1 is 1.48 bits per heavy atom. The van der Waals surface area contributed by atoms with Gasteiger partial charge in [-0.05, 0) is 12.3 Å². The number of nitrogens with zero attached hydrogens (tertiary/aromatic N) is 3. The predicted octanol–water partition coefficient (Wildman–Crippen LogP) is 2.09. The van der Waals surface area contributed by atoms with Gasteiger partial charge in [-0.1, -0.05) is 13.3 Å². The van der Waals surface area contributed by atoms with E-state index in [9.17, 15) is 22.8 Å². The van der Waals surface area contributed by atoms with Gasteiger partial charge in [-0.3, -0.25) is 4.79 Å². The van der Waals surface area contributed by atoms with E-state index in [-0.39, 0.29) is 11.6 Å². The molecular formula is C14H18F3N3O3. The van der Waals surface area contributed by atoms with Crippen LogP contribution in [0.25, 0.3) is 0 Å². The molecule has 1 amide bonds. The number of hydrogen-bond donors (Lipinski definition) is 0. The molecule has 128 valence electrons. The molecule has 1 saturated heterocycles. The van der Waals surface area contributed by atoms with E-state index in [1.165, 1.54) is 12.5 Å². The van der Waals surface area contributed by atoms with E-state index in [1.807, 2.05) is 0 Å². The monoisotopic (exact) mass is 333 g/mol. The maximum Gasteiger partial charge on any atom is 0.490 e. The molecule has 0 radical (unpaired) electrons. The van der Waals surface area contributed by atoms with Crippen LogP contribution in [-0.4, -0.2) is 39.0 Å². The van der Waals surface area contributed by atoms with Crippen molar-refractivity contribution in [3.63, 3.8) is 0 Å². The molecule has 1 unspecified atom stereocenters.